The van der Waals surface area contributed by atoms with E-state index in [4.69, 9.17) is 4.74 Å². The molecule has 3 rings (SSSR count). The average Bonchev–Trinajstić information content (AvgIpc) is 3.01. The standard InChI is InChI=1S/C37H47N3O4/c1-6-8-9-16-24-40(35(42)32(26-29-18-12-10-13-19-29)39-36(43)44-37(3,4)5)33(31-23-17-22-28(7-2)25-31)34(41)38-27-30-20-14-11-15-21-30/h7,10-15,17-23,25,32-33H,2,6,8-9,16,24,26-27H2,1,3-5H3,(H,38,41)(H,39,43). The Balaban J connectivity index is 2.04. The first-order valence-corrected chi connectivity index (χ1v) is 15.5. The fourth-order valence-corrected chi connectivity index (χ4v) is 4.99. The number of ether oxygens (including phenoxy) is 1. The number of nitrogens with one attached hydrogen (secondary N) is 2. The van der Waals surface area contributed by atoms with Crippen molar-refractivity contribution >= 4 is 24.0 Å². The van der Waals surface area contributed by atoms with Crippen molar-refractivity contribution in [2.45, 2.75) is 84.0 Å². The zero-order chi connectivity index (χ0) is 32.0. The van der Waals surface area contributed by atoms with Crippen molar-refractivity contribution in [2.24, 2.45) is 0 Å². The Morgan fingerprint density at radius 3 is 2.16 bits per heavy atom. The van der Waals surface area contributed by atoms with Gasteiger partial charge < -0.3 is 20.3 Å². The number of nitrogens with zero attached hydrogens (tertiary/aromatic N) is 1. The molecule has 0 aliphatic rings. The average molecular weight is 598 g/mol. The van der Waals surface area contributed by atoms with E-state index in [0.29, 0.717) is 25.1 Å². The van der Waals surface area contributed by atoms with Crippen molar-refractivity contribution in [3.8, 4) is 0 Å². The van der Waals surface area contributed by atoms with E-state index in [1.54, 1.807) is 31.7 Å². The van der Waals surface area contributed by atoms with Crippen molar-refractivity contribution < 1.29 is 19.1 Å². The molecule has 0 radical (unpaired) electrons. The maximum atomic E-state index is 14.6. The molecule has 7 heteroatoms. The molecule has 0 heterocycles. The Labute approximate surface area is 262 Å². The van der Waals surface area contributed by atoms with Gasteiger partial charge in [0.05, 0.1) is 0 Å². The Hall–Kier alpha value is -4.39. The largest absolute Gasteiger partial charge is 0.444 e. The molecule has 0 saturated carbocycles. The summed E-state index contributed by atoms with van der Waals surface area (Å²) >= 11 is 0. The fourth-order valence-electron chi connectivity index (χ4n) is 4.99. The molecule has 3 aromatic rings. The van der Waals surface area contributed by atoms with Gasteiger partial charge in [-0.1, -0.05) is 118 Å². The summed E-state index contributed by atoms with van der Waals surface area (Å²) in [4.78, 5) is 43.4. The van der Waals surface area contributed by atoms with Gasteiger partial charge in [-0.15, -0.1) is 0 Å². The molecule has 0 saturated heterocycles. The van der Waals surface area contributed by atoms with Crippen LogP contribution in [0, 0.1) is 0 Å². The van der Waals surface area contributed by atoms with Crippen LogP contribution in [0.15, 0.2) is 91.5 Å². The zero-order valence-corrected chi connectivity index (χ0v) is 26.6. The maximum Gasteiger partial charge on any atom is 0.408 e. The molecule has 0 aliphatic carbocycles. The number of carbonyl (C=O) groups is 3. The van der Waals surface area contributed by atoms with E-state index >= 15 is 0 Å². The fraction of sp³-hybridized carbons (Fsp3) is 0.378. The number of alkyl carbamates (subject to hydrolysis) is 1. The molecule has 3 aromatic carbocycles. The third kappa shape index (κ3) is 11.0. The topological polar surface area (TPSA) is 87.7 Å². The van der Waals surface area contributed by atoms with Gasteiger partial charge >= 0.3 is 6.09 Å². The minimum absolute atomic E-state index is 0.245. The predicted octanol–water partition coefficient (Wildman–Crippen LogP) is 7.23. The van der Waals surface area contributed by atoms with Crippen LogP contribution in [0.2, 0.25) is 0 Å². The van der Waals surface area contributed by atoms with Gasteiger partial charge in [0, 0.05) is 19.5 Å². The SMILES string of the molecule is C=Cc1cccc(C(C(=O)NCc2ccccc2)N(CCCCCC)C(=O)C(Cc2ccccc2)NC(=O)OC(C)(C)C)c1. The van der Waals surface area contributed by atoms with Gasteiger partial charge in [0.25, 0.3) is 0 Å². The first-order valence-electron chi connectivity index (χ1n) is 15.5. The highest BCUT2D eigenvalue weighted by Gasteiger charge is 2.36. The second-order valence-electron chi connectivity index (χ2n) is 12.0. The van der Waals surface area contributed by atoms with Crippen LogP contribution in [-0.2, 0) is 27.3 Å². The van der Waals surface area contributed by atoms with Gasteiger partial charge in [0.15, 0.2) is 0 Å². The van der Waals surface area contributed by atoms with Gasteiger partial charge in [-0.2, -0.15) is 0 Å². The summed E-state index contributed by atoms with van der Waals surface area (Å²) in [6.45, 7) is 12.0. The Bertz CT molecular complexity index is 1350. The summed E-state index contributed by atoms with van der Waals surface area (Å²) in [6, 6.07) is 24.8. The molecule has 0 aromatic heterocycles. The number of benzene rings is 3. The van der Waals surface area contributed by atoms with E-state index in [1.807, 2.05) is 84.9 Å². The zero-order valence-electron chi connectivity index (χ0n) is 26.6. The number of hydrogen-bond acceptors (Lipinski definition) is 4. The summed E-state index contributed by atoms with van der Waals surface area (Å²) in [6.07, 6.45) is 4.96. The van der Waals surface area contributed by atoms with Crippen LogP contribution in [0.1, 0.15) is 81.7 Å². The first-order chi connectivity index (χ1) is 21.1. The van der Waals surface area contributed by atoms with Gasteiger partial charge in [0.1, 0.15) is 17.7 Å². The molecule has 2 unspecified atom stereocenters. The molecular formula is C37H47N3O4. The van der Waals surface area contributed by atoms with Crippen LogP contribution in [-0.4, -0.2) is 41.0 Å². The highest BCUT2D eigenvalue weighted by atomic mass is 16.6. The van der Waals surface area contributed by atoms with E-state index < -0.39 is 23.8 Å². The van der Waals surface area contributed by atoms with Crippen molar-refractivity contribution in [3.63, 3.8) is 0 Å². The molecule has 2 atom stereocenters. The number of hydrogen-bond donors (Lipinski definition) is 2. The Morgan fingerprint density at radius 1 is 0.886 bits per heavy atom. The van der Waals surface area contributed by atoms with E-state index in [2.05, 4.69) is 24.1 Å². The Kier molecular flexibility index (Phi) is 13.2. The minimum atomic E-state index is -0.953. The summed E-state index contributed by atoms with van der Waals surface area (Å²) in [5, 5.41) is 5.89. The van der Waals surface area contributed by atoms with Crippen LogP contribution < -0.4 is 10.6 Å². The molecule has 44 heavy (non-hydrogen) atoms. The van der Waals surface area contributed by atoms with E-state index in [-0.39, 0.29) is 18.2 Å². The third-order valence-corrected chi connectivity index (χ3v) is 7.14. The van der Waals surface area contributed by atoms with Gasteiger partial charge in [0.2, 0.25) is 11.8 Å². The second kappa shape index (κ2) is 17.0. The lowest BCUT2D eigenvalue weighted by Gasteiger charge is -2.35. The molecule has 0 fully saturated rings. The normalized spacial score (nSPS) is 12.5. The second-order valence-corrected chi connectivity index (χ2v) is 12.0. The summed E-state index contributed by atoms with van der Waals surface area (Å²) < 4.78 is 5.55. The van der Waals surface area contributed by atoms with Crippen molar-refractivity contribution in [1.82, 2.24) is 15.5 Å². The van der Waals surface area contributed by atoms with E-state index in [0.717, 1.165) is 36.0 Å². The van der Waals surface area contributed by atoms with Crippen LogP contribution in [0.4, 0.5) is 4.79 Å². The monoisotopic (exact) mass is 597 g/mol. The summed E-state index contributed by atoms with van der Waals surface area (Å²) in [5.74, 6) is -0.644. The van der Waals surface area contributed by atoms with E-state index in [9.17, 15) is 14.4 Å². The predicted molar refractivity (Wildman–Crippen MR) is 177 cm³/mol. The first kappa shape index (κ1) is 34.1. The van der Waals surface area contributed by atoms with Crippen molar-refractivity contribution in [1.29, 1.82) is 0 Å². The van der Waals surface area contributed by atoms with Crippen LogP contribution in [0.5, 0.6) is 0 Å². The van der Waals surface area contributed by atoms with Crippen molar-refractivity contribution in [3.05, 3.63) is 114 Å². The van der Waals surface area contributed by atoms with Crippen LogP contribution in [0.25, 0.3) is 6.08 Å². The van der Waals surface area contributed by atoms with Gasteiger partial charge in [-0.25, -0.2) is 4.79 Å². The van der Waals surface area contributed by atoms with Gasteiger partial charge in [-0.05, 0) is 55.5 Å². The molecule has 3 amide bonds. The quantitative estimate of drug-likeness (QED) is 0.181. The molecule has 0 bridgehead atoms. The number of rotatable bonds is 15. The number of unbranched alkanes of at least 4 members (excludes halogenated alkanes) is 3. The lowest BCUT2D eigenvalue weighted by Crippen LogP contribution is -2.54. The molecule has 7 nitrogen and oxygen atoms in total. The summed E-state index contributed by atoms with van der Waals surface area (Å²) in [7, 11) is 0. The maximum absolute atomic E-state index is 14.6. The van der Waals surface area contributed by atoms with E-state index in [1.165, 1.54) is 0 Å². The molecular weight excluding hydrogens is 550 g/mol. The Morgan fingerprint density at radius 2 is 1.55 bits per heavy atom. The van der Waals surface area contributed by atoms with Crippen LogP contribution in [0.3, 0.4) is 0 Å². The number of amides is 3. The highest BCUT2D eigenvalue weighted by Crippen LogP contribution is 2.26. The highest BCUT2D eigenvalue weighted by molar-refractivity contribution is 5.92. The minimum Gasteiger partial charge on any atom is -0.444 e. The summed E-state index contributed by atoms with van der Waals surface area (Å²) in [5.41, 5.74) is 2.61. The third-order valence-electron chi connectivity index (χ3n) is 7.14. The lowest BCUT2D eigenvalue weighted by atomic mass is 9.98. The molecule has 0 spiro atoms. The van der Waals surface area contributed by atoms with Crippen LogP contribution >= 0.6 is 0 Å². The van der Waals surface area contributed by atoms with Crippen molar-refractivity contribution in [2.75, 3.05) is 6.54 Å². The number of carbonyl (C=O) groups excluding carboxylic acids is 3. The lowest BCUT2D eigenvalue weighted by molar-refractivity contribution is -0.142. The molecule has 234 valence electrons. The molecule has 0 aliphatic heterocycles. The van der Waals surface area contributed by atoms with Gasteiger partial charge in [-0.3, -0.25) is 9.59 Å². The smallest absolute Gasteiger partial charge is 0.408 e. The molecule has 2 N–H and O–H groups in total.